The van der Waals surface area contributed by atoms with Gasteiger partial charge in [0.25, 0.3) is 5.56 Å². The number of allylic oxidation sites excluding steroid dienone is 1. The molecule has 0 atom stereocenters. The monoisotopic (exact) mass is 334 g/mol. The number of aromatic amines is 2. The molecule has 5 nitrogen and oxygen atoms in total. The van der Waals surface area contributed by atoms with E-state index in [1.165, 1.54) is 22.8 Å². The first-order valence-electron chi connectivity index (χ1n) is 8.79. The van der Waals surface area contributed by atoms with Crippen LogP contribution in [0, 0.1) is 0 Å². The van der Waals surface area contributed by atoms with Crippen LogP contribution in [0.1, 0.15) is 29.9 Å². The van der Waals surface area contributed by atoms with Gasteiger partial charge in [-0.25, -0.2) is 4.98 Å². The molecule has 0 bridgehead atoms. The Bertz CT molecular complexity index is 932. The summed E-state index contributed by atoms with van der Waals surface area (Å²) in [5.41, 5.74) is 3.31. The number of hydrogen-bond acceptors (Lipinski definition) is 3. The molecule has 0 radical (unpaired) electrons. The largest absolute Gasteiger partial charge is 0.378 e. The summed E-state index contributed by atoms with van der Waals surface area (Å²) < 4.78 is 0. The third-order valence-electron chi connectivity index (χ3n) is 5.04. The summed E-state index contributed by atoms with van der Waals surface area (Å²) in [5.74, 6) is 0.613. The third-order valence-corrected chi connectivity index (χ3v) is 5.04. The molecular weight excluding hydrogens is 312 g/mol. The summed E-state index contributed by atoms with van der Waals surface area (Å²) in [6, 6.07) is 8.52. The number of fused-ring (bicyclic) bond motifs is 1. The second kappa shape index (κ2) is 6.97. The van der Waals surface area contributed by atoms with Crippen molar-refractivity contribution in [3.05, 3.63) is 76.7 Å². The lowest BCUT2D eigenvalue weighted by Crippen LogP contribution is -2.28. The van der Waals surface area contributed by atoms with Gasteiger partial charge in [-0.2, -0.15) is 0 Å². The van der Waals surface area contributed by atoms with Gasteiger partial charge in [-0.3, -0.25) is 4.79 Å². The van der Waals surface area contributed by atoms with Crippen LogP contribution in [-0.2, 0) is 6.42 Å². The number of nitrogens with zero attached hydrogens (tertiary/aromatic N) is 2. The number of benzene rings is 1. The van der Waals surface area contributed by atoms with Gasteiger partial charge in [-0.15, -0.1) is 0 Å². The van der Waals surface area contributed by atoms with Crippen LogP contribution in [0.15, 0.2) is 60.1 Å². The molecule has 1 aromatic carbocycles. The van der Waals surface area contributed by atoms with E-state index in [0.717, 1.165) is 25.9 Å². The van der Waals surface area contributed by atoms with Gasteiger partial charge in [-0.1, -0.05) is 24.3 Å². The van der Waals surface area contributed by atoms with E-state index in [-0.39, 0.29) is 5.56 Å². The molecule has 1 saturated heterocycles. The lowest BCUT2D eigenvalue weighted by atomic mass is 9.89. The minimum absolute atomic E-state index is 0.0577. The smallest absolute Gasteiger partial charge is 0.254 e. The first kappa shape index (κ1) is 15.7. The van der Waals surface area contributed by atoms with Crippen molar-refractivity contribution in [3.8, 4) is 0 Å². The quantitative estimate of drug-likeness (QED) is 0.770. The Hall–Kier alpha value is -2.82. The van der Waals surface area contributed by atoms with E-state index < -0.39 is 0 Å². The summed E-state index contributed by atoms with van der Waals surface area (Å²) in [5, 5.41) is 1.35. The van der Waals surface area contributed by atoms with E-state index in [9.17, 15) is 4.79 Å². The molecule has 3 aromatic rings. The van der Waals surface area contributed by atoms with Crippen LogP contribution in [0.3, 0.4) is 0 Å². The minimum atomic E-state index is -0.0577. The first-order valence-corrected chi connectivity index (χ1v) is 8.79. The Morgan fingerprint density at radius 2 is 2.04 bits per heavy atom. The Morgan fingerprint density at radius 3 is 2.88 bits per heavy atom. The van der Waals surface area contributed by atoms with Gasteiger partial charge in [0, 0.05) is 41.9 Å². The van der Waals surface area contributed by atoms with Crippen molar-refractivity contribution in [1.82, 2.24) is 19.9 Å². The molecule has 128 valence electrons. The molecule has 25 heavy (non-hydrogen) atoms. The van der Waals surface area contributed by atoms with E-state index >= 15 is 0 Å². The summed E-state index contributed by atoms with van der Waals surface area (Å²) in [4.78, 5) is 23.9. The van der Waals surface area contributed by atoms with Gasteiger partial charge < -0.3 is 14.9 Å². The fourth-order valence-electron chi connectivity index (χ4n) is 3.64. The number of H-pyrrole nitrogens is 2. The highest BCUT2D eigenvalue weighted by atomic mass is 16.1. The van der Waals surface area contributed by atoms with Crippen LogP contribution in [0.2, 0.25) is 0 Å². The normalized spacial score (nSPS) is 16.1. The molecule has 1 fully saturated rings. The van der Waals surface area contributed by atoms with Crippen LogP contribution in [-0.4, -0.2) is 32.9 Å². The predicted molar refractivity (Wildman–Crippen MR) is 99.5 cm³/mol. The van der Waals surface area contributed by atoms with Crippen molar-refractivity contribution in [2.45, 2.75) is 25.2 Å². The molecule has 0 aliphatic carbocycles. The van der Waals surface area contributed by atoms with Crippen LogP contribution in [0.4, 0.5) is 0 Å². The van der Waals surface area contributed by atoms with Crippen molar-refractivity contribution in [3.63, 3.8) is 0 Å². The molecule has 3 heterocycles. The lowest BCUT2D eigenvalue weighted by Gasteiger charge is -2.31. The molecule has 5 heteroatoms. The van der Waals surface area contributed by atoms with Gasteiger partial charge in [0.15, 0.2) is 0 Å². The van der Waals surface area contributed by atoms with E-state index in [1.54, 1.807) is 6.20 Å². The number of aromatic nitrogens is 3. The molecule has 0 saturated carbocycles. The highest BCUT2D eigenvalue weighted by Gasteiger charge is 2.21. The van der Waals surface area contributed by atoms with Crippen LogP contribution in [0.25, 0.3) is 10.9 Å². The molecule has 1 aliphatic rings. The second-order valence-corrected chi connectivity index (χ2v) is 6.59. The van der Waals surface area contributed by atoms with Gasteiger partial charge in [-0.05, 0) is 43.0 Å². The number of para-hydroxylation sites is 1. The summed E-state index contributed by atoms with van der Waals surface area (Å²) in [6.45, 7) is 2.09. The number of rotatable bonds is 4. The maximum absolute atomic E-state index is 11.6. The molecule has 0 spiro atoms. The Morgan fingerprint density at radius 1 is 1.20 bits per heavy atom. The maximum atomic E-state index is 11.6. The Labute approximate surface area is 146 Å². The summed E-state index contributed by atoms with van der Waals surface area (Å²) >= 11 is 0. The van der Waals surface area contributed by atoms with Crippen LogP contribution in [0.5, 0.6) is 0 Å². The Balaban J connectivity index is 1.36. The Kier molecular flexibility index (Phi) is 4.37. The van der Waals surface area contributed by atoms with Crippen molar-refractivity contribution in [2.24, 2.45) is 0 Å². The fourth-order valence-corrected chi connectivity index (χ4v) is 3.64. The highest BCUT2D eigenvalue weighted by Crippen LogP contribution is 2.33. The van der Waals surface area contributed by atoms with Crippen molar-refractivity contribution >= 4 is 10.9 Å². The summed E-state index contributed by atoms with van der Waals surface area (Å²) in [7, 11) is 0. The van der Waals surface area contributed by atoms with E-state index in [4.69, 9.17) is 0 Å². The summed E-state index contributed by atoms with van der Waals surface area (Å²) in [6.07, 6.45) is 12.3. The van der Waals surface area contributed by atoms with Gasteiger partial charge in [0.2, 0.25) is 0 Å². The van der Waals surface area contributed by atoms with Crippen LogP contribution < -0.4 is 5.56 Å². The van der Waals surface area contributed by atoms with Crippen molar-refractivity contribution in [2.75, 3.05) is 13.1 Å². The van der Waals surface area contributed by atoms with E-state index in [1.807, 2.05) is 0 Å². The number of hydrogen-bond donors (Lipinski definition) is 2. The predicted octanol–water partition coefficient (Wildman–Crippen LogP) is 3.19. The second-order valence-electron chi connectivity index (χ2n) is 6.59. The molecule has 0 unspecified atom stereocenters. The maximum Gasteiger partial charge on any atom is 0.254 e. The van der Waals surface area contributed by atoms with Crippen molar-refractivity contribution < 1.29 is 0 Å². The SMILES string of the molecule is O=c1[nH]cncc1CC=CN1CCC(c2c[nH]c3ccccc23)CC1. The zero-order chi connectivity index (χ0) is 17.1. The first-order chi connectivity index (χ1) is 12.3. The zero-order valence-electron chi connectivity index (χ0n) is 14.1. The number of nitrogens with one attached hydrogen (secondary N) is 2. The molecule has 1 aliphatic heterocycles. The molecule has 2 aromatic heterocycles. The topological polar surface area (TPSA) is 64.8 Å². The zero-order valence-corrected chi connectivity index (χ0v) is 14.1. The molecule has 2 N–H and O–H groups in total. The third kappa shape index (κ3) is 3.36. The number of likely N-dealkylation sites (tertiary alicyclic amines) is 1. The lowest BCUT2D eigenvalue weighted by molar-refractivity contribution is 0.284. The van der Waals surface area contributed by atoms with Crippen LogP contribution >= 0.6 is 0 Å². The standard InChI is InChI=1S/C20H22N4O/c25-20-16(12-21-14-23-20)4-3-9-24-10-7-15(8-11-24)18-13-22-19-6-2-1-5-17(18)19/h1-3,5-6,9,12-15,22H,4,7-8,10-11H2,(H,21,23,25). The van der Waals surface area contributed by atoms with Crippen molar-refractivity contribution in [1.29, 1.82) is 0 Å². The molecule has 0 amide bonds. The average molecular weight is 334 g/mol. The van der Waals surface area contributed by atoms with E-state index in [2.05, 4.69) is 62.6 Å². The average Bonchev–Trinajstić information content (AvgIpc) is 3.08. The highest BCUT2D eigenvalue weighted by molar-refractivity contribution is 5.83. The van der Waals surface area contributed by atoms with Gasteiger partial charge >= 0.3 is 0 Å². The fraction of sp³-hybridized carbons (Fsp3) is 0.300. The van der Waals surface area contributed by atoms with Gasteiger partial charge in [0.05, 0.1) is 6.33 Å². The van der Waals surface area contributed by atoms with Gasteiger partial charge in [0.1, 0.15) is 0 Å². The number of piperidine rings is 1. The minimum Gasteiger partial charge on any atom is -0.378 e. The van der Waals surface area contributed by atoms with E-state index in [0.29, 0.717) is 17.9 Å². The molecule has 4 rings (SSSR count). The molecular formula is C20H22N4O.